The van der Waals surface area contributed by atoms with Crippen molar-refractivity contribution in [1.29, 1.82) is 0 Å². The van der Waals surface area contributed by atoms with Crippen molar-refractivity contribution in [3.63, 3.8) is 0 Å². The van der Waals surface area contributed by atoms with Crippen LogP contribution >= 0.6 is 0 Å². The lowest BCUT2D eigenvalue weighted by Gasteiger charge is -2.12. The first-order valence-corrected chi connectivity index (χ1v) is 8.62. The molecule has 2 unspecified atom stereocenters. The number of carbonyl (C=O) groups excluding carboxylic acids is 2. The van der Waals surface area contributed by atoms with Crippen molar-refractivity contribution in [3.05, 3.63) is 65.2 Å². The molecule has 0 saturated carbocycles. The molecular weight excluding hydrogens is 332 g/mol. The molecule has 2 heterocycles. The van der Waals surface area contributed by atoms with E-state index in [0.717, 1.165) is 23.3 Å². The van der Waals surface area contributed by atoms with E-state index in [0.29, 0.717) is 18.6 Å². The van der Waals surface area contributed by atoms with Gasteiger partial charge < -0.3 is 4.74 Å². The zero-order chi connectivity index (χ0) is 17.9. The summed E-state index contributed by atoms with van der Waals surface area (Å²) in [4.78, 5) is 24.5. The van der Waals surface area contributed by atoms with E-state index >= 15 is 0 Å². The summed E-state index contributed by atoms with van der Waals surface area (Å²) in [6.07, 6.45) is 1.39. The minimum absolute atomic E-state index is 0.0550. The van der Waals surface area contributed by atoms with Crippen LogP contribution in [0.3, 0.4) is 0 Å². The van der Waals surface area contributed by atoms with E-state index in [2.05, 4.69) is 21.7 Å². The molecule has 0 bridgehead atoms. The molecule has 2 aromatic carbocycles. The molecule has 0 aliphatic carbocycles. The molecule has 0 aromatic heterocycles. The SMILES string of the molecule is O=C(NNC(=O)C1CC(c2ccccc2)NN1)c1ccc2c(c1)CCO2. The number of rotatable bonds is 3. The summed E-state index contributed by atoms with van der Waals surface area (Å²) in [6.45, 7) is 0.639. The van der Waals surface area contributed by atoms with Crippen LogP contribution in [-0.4, -0.2) is 24.5 Å². The van der Waals surface area contributed by atoms with Crippen LogP contribution in [0.5, 0.6) is 5.75 Å². The number of benzene rings is 2. The average Bonchev–Trinajstić information content (AvgIpc) is 3.35. The molecule has 1 fully saturated rings. The highest BCUT2D eigenvalue weighted by atomic mass is 16.5. The molecule has 2 amide bonds. The Morgan fingerprint density at radius 3 is 2.73 bits per heavy atom. The summed E-state index contributed by atoms with van der Waals surface area (Å²) in [5, 5.41) is 0. The van der Waals surface area contributed by atoms with Gasteiger partial charge in [0.1, 0.15) is 11.8 Å². The number of nitrogens with one attached hydrogen (secondary N) is 4. The first-order valence-electron chi connectivity index (χ1n) is 8.62. The van der Waals surface area contributed by atoms with E-state index in [4.69, 9.17) is 4.74 Å². The van der Waals surface area contributed by atoms with E-state index in [1.165, 1.54) is 0 Å². The topological polar surface area (TPSA) is 91.5 Å². The summed E-state index contributed by atoms with van der Waals surface area (Å²) in [7, 11) is 0. The van der Waals surface area contributed by atoms with E-state index < -0.39 is 6.04 Å². The molecule has 0 spiro atoms. The summed E-state index contributed by atoms with van der Waals surface area (Å²) in [5.74, 6) is 0.186. The number of hydrogen-bond donors (Lipinski definition) is 4. The van der Waals surface area contributed by atoms with Crippen LogP contribution in [0.25, 0.3) is 0 Å². The molecule has 7 nitrogen and oxygen atoms in total. The maximum atomic E-state index is 12.3. The lowest BCUT2D eigenvalue weighted by atomic mass is 10.0. The Hall–Kier alpha value is -2.90. The van der Waals surface area contributed by atoms with Crippen molar-refractivity contribution >= 4 is 11.8 Å². The Morgan fingerprint density at radius 1 is 1.04 bits per heavy atom. The zero-order valence-electron chi connectivity index (χ0n) is 14.1. The van der Waals surface area contributed by atoms with Crippen molar-refractivity contribution in [2.45, 2.75) is 24.9 Å². The lowest BCUT2D eigenvalue weighted by Crippen LogP contribution is -2.50. The Kier molecular flexibility index (Phi) is 4.55. The minimum atomic E-state index is -0.422. The van der Waals surface area contributed by atoms with Crippen LogP contribution in [-0.2, 0) is 11.2 Å². The third kappa shape index (κ3) is 3.40. The van der Waals surface area contributed by atoms with Crippen molar-refractivity contribution in [2.24, 2.45) is 0 Å². The number of carbonyl (C=O) groups is 2. The predicted molar refractivity (Wildman–Crippen MR) is 95.1 cm³/mol. The third-order valence-electron chi connectivity index (χ3n) is 4.67. The van der Waals surface area contributed by atoms with Crippen molar-refractivity contribution in [2.75, 3.05) is 6.61 Å². The smallest absolute Gasteiger partial charge is 0.269 e. The average molecular weight is 352 g/mol. The van der Waals surface area contributed by atoms with E-state index in [1.54, 1.807) is 18.2 Å². The maximum absolute atomic E-state index is 12.3. The Labute approximate surface area is 151 Å². The number of ether oxygens (including phenoxy) is 1. The molecular formula is C19H20N4O3. The molecule has 134 valence electrons. The summed E-state index contributed by atoms with van der Waals surface area (Å²) >= 11 is 0. The highest BCUT2D eigenvalue weighted by Gasteiger charge is 2.30. The van der Waals surface area contributed by atoms with E-state index in [-0.39, 0.29) is 17.9 Å². The summed E-state index contributed by atoms with van der Waals surface area (Å²) in [5.41, 5.74) is 13.7. The zero-order valence-corrected chi connectivity index (χ0v) is 14.1. The van der Waals surface area contributed by atoms with Crippen molar-refractivity contribution in [3.8, 4) is 5.75 Å². The van der Waals surface area contributed by atoms with Crippen LogP contribution < -0.4 is 26.4 Å². The number of hydrogen-bond acceptors (Lipinski definition) is 5. The second kappa shape index (κ2) is 7.15. The molecule has 0 radical (unpaired) electrons. The summed E-state index contributed by atoms with van der Waals surface area (Å²) in [6, 6.07) is 14.8. The monoisotopic (exact) mass is 352 g/mol. The molecule has 2 atom stereocenters. The Balaban J connectivity index is 1.31. The lowest BCUT2D eigenvalue weighted by molar-refractivity contribution is -0.123. The van der Waals surface area contributed by atoms with Crippen molar-refractivity contribution < 1.29 is 14.3 Å². The second-order valence-electron chi connectivity index (χ2n) is 6.40. The molecule has 4 N–H and O–H groups in total. The molecule has 2 aliphatic heterocycles. The fraction of sp³-hybridized carbons (Fsp3) is 0.263. The Morgan fingerprint density at radius 2 is 1.88 bits per heavy atom. The number of amides is 2. The highest BCUT2D eigenvalue weighted by Crippen LogP contribution is 2.25. The van der Waals surface area contributed by atoms with E-state index in [9.17, 15) is 9.59 Å². The van der Waals surface area contributed by atoms with Crippen LogP contribution in [0.15, 0.2) is 48.5 Å². The van der Waals surface area contributed by atoms with Crippen LogP contribution in [0.4, 0.5) is 0 Å². The van der Waals surface area contributed by atoms with Crippen LogP contribution in [0, 0.1) is 0 Å². The fourth-order valence-electron chi connectivity index (χ4n) is 3.24. The minimum Gasteiger partial charge on any atom is -0.493 e. The molecule has 7 heteroatoms. The fourth-order valence-corrected chi connectivity index (χ4v) is 3.24. The molecule has 2 aliphatic rings. The van der Waals surface area contributed by atoms with Gasteiger partial charge in [0.15, 0.2) is 0 Å². The Bertz CT molecular complexity index is 825. The van der Waals surface area contributed by atoms with Crippen molar-refractivity contribution in [1.82, 2.24) is 21.7 Å². The maximum Gasteiger partial charge on any atom is 0.269 e. The van der Waals surface area contributed by atoms with Crippen LogP contribution in [0.1, 0.15) is 33.9 Å². The quantitative estimate of drug-likeness (QED) is 0.619. The number of hydrazine groups is 2. The third-order valence-corrected chi connectivity index (χ3v) is 4.67. The standard InChI is InChI=1S/C19H20N4O3/c24-18(14-6-7-17-13(10-14)8-9-26-17)22-23-19(25)16-11-15(20-21-16)12-4-2-1-3-5-12/h1-7,10,15-16,20-21H,8-9,11H2,(H,22,24)(H,23,25). The van der Waals surface area contributed by atoms with Gasteiger partial charge in [-0.25, -0.2) is 10.9 Å². The normalized spacial score (nSPS) is 20.9. The van der Waals surface area contributed by atoms with Gasteiger partial charge in [0, 0.05) is 18.0 Å². The van der Waals surface area contributed by atoms with Gasteiger partial charge in [0.25, 0.3) is 11.8 Å². The number of fused-ring (bicyclic) bond motifs is 1. The van der Waals surface area contributed by atoms with Gasteiger partial charge in [-0.1, -0.05) is 30.3 Å². The van der Waals surface area contributed by atoms with Gasteiger partial charge in [-0.3, -0.25) is 20.4 Å². The molecule has 26 heavy (non-hydrogen) atoms. The van der Waals surface area contributed by atoms with E-state index in [1.807, 2.05) is 30.3 Å². The largest absolute Gasteiger partial charge is 0.493 e. The van der Waals surface area contributed by atoms with Crippen LogP contribution in [0.2, 0.25) is 0 Å². The van der Waals surface area contributed by atoms with Gasteiger partial charge in [0.2, 0.25) is 0 Å². The first kappa shape index (κ1) is 16.6. The van der Waals surface area contributed by atoms with Gasteiger partial charge in [-0.15, -0.1) is 0 Å². The van der Waals surface area contributed by atoms with Gasteiger partial charge in [-0.05, 0) is 35.7 Å². The second-order valence-corrected chi connectivity index (χ2v) is 6.40. The van der Waals surface area contributed by atoms with Gasteiger partial charge in [0.05, 0.1) is 6.61 Å². The first-order chi connectivity index (χ1) is 12.7. The predicted octanol–water partition coefficient (Wildman–Crippen LogP) is 0.990. The van der Waals surface area contributed by atoms with Gasteiger partial charge in [-0.2, -0.15) is 0 Å². The summed E-state index contributed by atoms with van der Waals surface area (Å²) < 4.78 is 5.43. The van der Waals surface area contributed by atoms with Gasteiger partial charge >= 0.3 is 0 Å². The highest BCUT2D eigenvalue weighted by molar-refractivity contribution is 5.96. The molecule has 2 aromatic rings. The molecule has 1 saturated heterocycles. The molecule has 4 rings (SSSR count).